The Bertz CT molecular complexity index is 518. The van der Waals surface area contributed by atoms with Gasteiger partial charge in [0, 0.05) is 33.9 Å². The minimum absolute atomic E-state index is 0.0411. The molecule has 6 nitrogen and oxygen atoms in total. The van der Waals surface area contributed by atoms with E-state index >= 15 is 0 Å². The van der Waals surface area contributed by atoms with Gasteiger partial charge in [0.25, 0.3) is 0 Å². The molecule has 1 amide bonds. The Hall–Kier alpha value is -2.15. The quantitative estimate of drug-likeness (QED) is 0.406. The molecule has 0 saturated heterocycles. The smallest absolute Gasteiger partial charge is 0.241 e. The number of nitrogens with one attached hydrogen (secondary N) is 2. The Balaban J connectivity index is 2.55. The van der Waals surface area contributed by atoms with Crippen LogP contribution in [0.25, 0.3) is 0 Å². The number of likely N-dealkylation sites (N-methyl/N-ethyl adjacent to an activating group) is 1. The molecule has 24 heavy (non-hydrogen) atoms. The summed E-state index contributed by atoms with van der Waals surface area (Å²) in [6.45, 7) is 4.57. The number of aliphatic imine (C=N–C) groups is 1. The second kappa shape index (κ2) is 11.4. The predicted molar refractivity (Wildman–Crippen MR) is 93.3 cm³/mol. The van der Waals surface area contributed by atoms with E-state index in [4.69, 9.17) is 4.74 Å². The summed E-state index contributed by atoms with van der Waals surface area (Å²) in [7, 11) is 3.41. The first-order valence-corrected chi connectivity index (χ1v) is 8.07. The Labute approximate surface area is 143 Å². The maximum absolute atomic E-state index is 12.9. The number of hydrogen-bond donors (Lipinski definition) is 2. The van der Waals surface area contributed by atoms with Gasteiger partial charge in [0.05, 0.1) is 13.1 Å². The second-order valence-corrected chi connectivity index (χ2v) is 5.41. The molecule has 0 aromatic heterocycles. The molecular formula is C17H27FN4O2. The molecular weight excluding hydrogens is 311 g/mol. The normalized spacial score (nSPS) is 11.2. The lowest BCUT2D eigenvalue weighted by Crippen LogP contribution is -2.43. The minimum Gasteiger partial charge on any atom is -0.382 e. The fourth-order valence-corrected chi connectivity index (χ4v) is 1.78. The van der Waals surface area contributed by atoms with Gasteiger partial charge in [-0.15, -0.1) is 0 Å². The molecule has 1 aromatic rings. The fraction of sp³-hybridized carbons (Fsp3) is 0.529. The number of benzene rings is 1. The molecule has 2 N–H and O–H groups in total. The van der Waals surface area contributed by atoms with Crippen LogP contribution in [0.15, 0.2) is 29.3 Å². The lowest BCUT2D eigenvalue weighted by Gasteiger charge is -2.15. The van der Waals surface area contributed by atoms with Gasteiger partial charge in [-0.1, -0.05) is 12.1 Å². The van der Waals surface area contributed by atoms with Gasteiger partial charge in [0.2, 0.25) is 5.91 Å². The van der Waals surface area contributed by atoms with Crippen LogP contribution in [-0.4, -0.2) is 57.2 Å². The number of halogens is 1. The molecule has 0 aliphatic heterocycles. The largest absolute Gasteiger partial charge is 0.382 e. The highest BCUT2D eigenvalue weighted by Crippen LogP contribution is 2.03. The maximum atomic E-state index is 12.9. The molecule has 7 heteroatoms. The number of nitrogens with zero attached hydrogens (tertiary/aromatic N) is 2. The van der Waals surface area contributed by atoms with E-state index in [1.807, 2.05) is 6.92 Å². The topological polar surface area (TPSA) is 66.0 Å². The third kappa shape index (κ3) is 8.47. The zero-order valence-corrected chi connectivity index (χ0v) is 14.6. The fourth-order valence-electron chi connectivity index (χ4n) is 1.78. The summed E-state index contributed by atoms with van der Waals surface area (Å²) < 4.78 is 18.2. The second-order valence-electron chi connectivity index (χ2n) is 5.41. The third-order valence-electron chi connectivity index (χ3n) is 3.20. The van der Waals surface area contributed by atoms with Crippen LogP contribution in [0.5, 0.6) is 0 Å². The van der Waals surface area contributed by atoms with Crippen molar-refractivity contribution in [2.24, 2.45) is 4.99 Å². The molecule has 1 rings (SSSR count). The summed E-state index contributed by atoms with van der Waals surface area (Å²) in [5, 5.41) is 6.17. The van der Waals surface area contributed by atoms with Crippen molar-refractivity contribution < 1.29 is 13.9 Å². The van der Waals surface area contributed by atoms with E-state index in [1.54, 1.807) is 26.2 Å². The van der Waals surface area contributed by atoms with Crippen LogP contribution in [0.3, 0.4) is 0 Å². The molecule has 0 fully saturated rings. The van der Waals surface area contributed by atoms with E-state index in [9.17, 15) is 9.18 Å². The summed E-state index contributed by atoms with van der Waals surface area (Å²) in [6.07, 6.45) is 0.840. The van der Waals surface area contributed by atoms with Crippen molar-refractivity contribution >= 4 is 11.9 Å². The summed E-state index contributed by atoms with van der Waals surface area (Å²) in [4.78, 5) is 17.6. The average Bonchev–Trinajstić information content (AvgIpc) is 2.57. The Kier molecular flexibility index (Phi) is 9.45. The van der Waals surface area contributed by atoms with Crippen molar-refractivity contribution in [1.82, 2.24) is 15.5 Å². The zero-order valence-electron chi connectivity index (χ0n) is 14.6. The van der Waals surface area contributed by atoms with Crippen LogP contribution < -0.4 is 10.6 Å². The van der Waals surface area contributed by atoms with Crippen LogP contribution in [0, 0.1) is 5.82 Å². The molecule has 0 saturated carbocycles. The van der Waals surface area contributed by atoms with Crippen molar-refractivity contribution in [3.63, 3.8) is 0 Å². The molecule has 0 bridgehead atoms. The van der Waals surface area contributed by atoms with E-state index in [0.29, 0.717) is 32.3 Å². The lowest BCUT2D eigenvalue weighted by atomic mass is 10.2. The van der Waals surface area contributed by atoms with Gasteiger partial charge in [-0.25, -0.2) is 9.38 Å². The maximum Gasteiger partial charge on any atom is 0.241 e. The summed E-state index contributed by atoms with van der Waals surface area (Å²) >= 11 is 0. The molecule has 0 unspecified atom stereocenters. The van der Waals surface area contributed by atoms with Crippen LogP contribution in [0.1, 0.15) is 18.9 Å². The highest BCUT2D eigenvalue weighted by atomic mass is 19.1. The highest BCUT2D eigenvalue weighted by Gasteiger charge is 2.05. The van der Waals surface area contributed by atoms with Gasteiger partial charge >= 0.3 is 0 Å². The number of carbonyl (C=O) groups excluding carboxylic acids is 1. The van der Waals surface area contributed by atoms with E-state index in [2.05, 4.69) is 15.6 Å². The summed E-state index contributed by atoms with van der Waals surface area (Å²) in [5.74, 6) is 0.235. The predicted octanol–water partition coefficient (Wildman–Crippen LogP) is 1.38. The first-order chi connectivity index (χ1) is 11.5. The highest BCUT2D eigenvalue weighted by molar-refractivity contribution is 5.86. The standard InChI is InChI=1S/C17H27FN4O2/c1-4-24-11-5-10-19-17(21-13-16(23)22(2)3)20-12-14-6-8-15(18)9-7-14/h6-9H,4-5,10-13H2,1-3H3,(H2,19,20,21). The van der Waals surface area contributed by atoms with Gasteiger partial charge in [0.15, 0.2) is 5.96 Å². The van der Waals surface area contributed by atoms with Crippen molar-refractivity contribution in [2.75, 3.05) is 40.4 Å². The van der Waals surface area contributed by atoms with Crippen molar-refractivity contribution in [2.45, 2.75) is 19.9 Å². The summed E-state index contributed by atoms with van der Waals surface area (Å²) in [6, 6.07) is 6.19. The van der Waals surface area contributed by atoms with E-state index in [1.165, 1.54) is 17.0 Å². The first-order valence-electron chi connectivity index (χ1n) is 8.07. The lowest BCUT2D eigenvalue weighted by molar-refractivity contribution is -0.127. The van der Waals surface area contributed by atoms with Gasteiger partial charge in [-0.2, -0.15) is 0 Å². The first kappa shape index (κ1) is 19.9. The van der Waals surface area contributed by atoms with E-state index < -0.39 is 0 Å². The van der Waals surface area contributed by atoms with Crippen molar-refractivity contribution in [3.8, 4) is 0 Å². The SMILES string of the molecule is CCOCCCNC(=NCc1ccc(F)cc1)NCC(=O)N(C)C. The van der Waals surface area contributed by atoms with Gasteiger partial charge in [0.1, 0.15) is 5.82 Å². The van der Waals surface area contributed by atoms with Crippen molar-refractivity contribution in [3.05, 3.63) is 35.6 Å². The van der Waals surface area contributed by atoms with Crippen LogP contribution in [-0.2, 0) is 16.1 Å². The molecule has 0 heterocycles. The van der Waals surface area contributed by atoms with Crippen LogP contribution >= 0.6 is 0 Å². The van der Waals surface area contributed by atoms with Gasteiger partial charge in [-0.05, 0) is 31.0 Å². The van der Waals surface area contributed by atoms with Crippen LogP contribution in [0.2, 0.25) is 0 Å². The molecule has 134 valence electrons. The number of carbonyl (C=O) groups is 1. The molecule has 0 radical (unpaired) electrons. The zero-order chi connectivity index (χ0) is 17.8. The van der Waals surface area contributed by atoms with Crippen molar-refractivity contribution in [1.29, 1.82) is 0 Å². The Morgan fingerprint density at radius 1 is 1.25 bits per heavy atom. The number of amides is 1. The number of rotatable bonds is 9. The minimum atomic E-state index is -0.272. The van der Waals surface area contributed by atoms with Gasteiger partial charge < -0.3 is 20.3 Å². The number of ether oxygens (including phenoxy) is 1. The molecule has 0 spiro atoms. The third-order valence-corrected chi connectivity index (χ3v) is 3.20. The molecule has 1 aromatic carbocycles. The number of hydrogen-bond acceptors (Lipinski definition) is 3. The molecule has 0 aliphatic carbocycles. The van der Waals surface area contributed by atoms with Gasteiger partial charge in [-0.3, -0.25) is 4.79 Å². The average molecular weight is 338 g/mol. The monoisotopic (exact) mass is 338 g/mol. The van der Waals surface area contributed by atoms with Crippen LogP contribution in [0.4, 0.5) is 4.39 Å². The Morgan fingerprint density at radius 3 is 2.58 bits per heavy atom. The number of guanidine groups is 1. The van der Waals surface area contributed by atoms with E-state index in [-0.39, 0.29) is 18.3 Å². The molecule has 0 atom stereocenters. The molecule has 0 aliphatic rings. The Morgan fingerprint density at radius 2 is 1.96 bits per heavy atom. The van der Waals surface area contributed by atoms with E-state index in [0.717, 1.165) is 12.0 Å². The summed E-state index contributed by atoms with van der Waals surface area (Å²) in [5.41, 5.74) is 0.894.